The van der Waals surface area contributed by atoms with Crippen molar-refractivity contribution in [1.82, 2.24) is 0 Å². The molecule has 0 saturated heterocycles. The van der Waals surface area contributed by atoms with E-state index in [0.717, 1.165) is 0 Å². The maximum absolute atomic E-state index is 2.35. The summed E-state index contributed by atoms with van der Waals surface area (Å²) in [6.45, 7) is 4.63. The highest BCUT2D eigenvalue weighted by Crippen LogP contribution is 2.41. The lowest BCUT2D eigenvalue weighted by molar-refractivity contribution is 0.405. The molecule has 0 aliphatic carbocycles. The molecule has 0 spiro atoms. The van der Waals surface area contributed by atoms with Crippen LogP contribution in [0.2, 0.25) is 0 Å². The summed E-state index contributed by atoms with van der Waals surface area (Å²) in [5.41, 5.74) is 3.18. The fourth-order valence-electron chi connectivity index (χ4n) is 4.90. The second kappa shape index (κ2) is 14.4. The monoisotopic (exact) mass is 392 g/mol. The van der Waals surface area contributed by atoms with Gasteiger partial charge in [-0.3, -0.25) is 0 Å². The van der Waals surface area contributed by atoms with Crippen molar-refractivity contribution in [2.75, 3.05) is 0 Å². The largest absolute Gasteiger partial charge is 0.0654 e. The van der Waals surface area contributed by atoms with Gasteiger partial charge in [0.15, 0.2) is 0 Å². The molecule has 2 aromatic rings. The summed E-state index contributed by atoms with van der Waals surface area (Å²) >= 11 is 0. The van der Waals surface area contributed by atoms with Crippen molar-refractivity contribution in [2.24, 2.45) is 0 Å². The molecule has 0 radical (unpaired) electrons. The van der Waals surface area contributed by atoms with Crippen molar-refractivity contribution in [1.29, 1.82) is 0 Å². The number of rotatable bonds is 16. The minimum absolute atomic E-state index is 0.177. The zero-order chi connectivity index (χ0) is 20.6. The molecular formula is C29H44. The van der Waals surface area contributed by atoms with Crippen LogP contribution in [0.1, 0.15) is 115 Å². The van der Waals surface area contributed by atoms with Crippen molar-refractivity contribution in [3.8, 4) is 0 Å². The Morgan fingerprint density at radius 1 is 0.448 bits per heavy atom. The minimum atomic E-state index is 0.177. The first-order chi connectivity index (χ1) is 14.3. The molecule has 0 aromatic heterocycles. The third-order valence-electron chi connectivity index (χ3n) is 6.54. The van der Waals surface area contributed by atoms with Crippen molar-refractivity contribution in [3.63, 3.8) is 0 Å². The van der Waals surface area contributed by atoms with Crippen LogP contribution < -0.4 is 0 Å². The molecule has 2 aromatic carbocycles. The smallest absolute Gasteiger partial charge is 0.0202 e. The average Bonchev–Trinajstić information content (AvgIpc) is 2.78. The van der Waals surface area contributed by atoms with E-state index in [2.05, 4.69) is 74.5 Å². The SMILES string of the molecule is CCCCCCCCCCCCCC(CCC)(c1ccccc1)c1ccccc1. The van der Waals surface area contributed by atoms with Crippen molar-refractivity contribution in [2.45, 2.75) is 109 Å². The number of hydrogen-bond acceptors (Lipinski definition) is 0. The number of hydrogen-bond donors (Lipinski definition) is 0. The molecular weight excluding hydrogens is 348 g/mol. The molecule has 0 N–H and O–H groups in total. The lowest BCUT2D eigenvalue weighted by atomic mass is 9.68. The Bertz CT molecular complexity index is 574. The van der Waals surface area contributed by atoms with Gasteiger partial charge in [-0.25, -0.2) is 0 Å². The second-order valence-electron chi connectivity index (χ2n) is 8.85. The first-order valence-corrected chi connectivity index (χ1v) is 12.4. The second-order valence-corrected chi connectivity index (χ2v) is 8.85. The van der Waals surface area contributed by atoms with E-state index in [9.17, 15) is 0 Å². The summed E-state index contributed by atoms with van der Waals surface area (Å²) in [5, 5.41) is 0. The Morgan fingerprint density at radius 3 is 1.28 bits per heavy atom. The quantitative estimate of drug-likeness (QED) is 0.249. The summed E-state index contributed by atoms with van der Waals surface area (Å²) in [6, 6.07) is 22.5. The van der Waals surface area contributed by atoms with Gasteiger partial charge in [-0.1, -0.05) is 152 Å². The molecule has 0 fully saturated rings. The van der Waals surface area contributed by atoms with Crippen molar-refractivity contribution in [3.05, 3.63) is 71.8 Å². The van der Waals surface area contributed by atoms with E-state index in [1.807, 2.05) is 0 Å². The molecule has 0 heteroatoms. The van der Waals surface area contributed by atoms with Crippen LogP contribution in [0.25, 0.3) is 0 Å². The van der Waals surface area contributed by atoms with Crippen LogP contribution in [0.3, 0.4) is 0 Å². The summed E-state index contributed by atoms with van der Waals surface area (Å²) in [5.74, 6) is 0. The molecule has 0 aliphatic rings. The zero-order valence-electron chi connectivity index (χ0n) is 19.2. The summed E-state index contributed by atoms with van der Waals surface area (Å²) in [4.78, 5) is 0. The van der Waals surface area contributed by atoms with Gasteiger partial charge in [0.05, 0.1) is 0 Å². The predicted octanol–water partition coefficient (Wildman–Crippen LogP) is 9.47. The maximum Gasteiger partial charge on any atom is 0.0202 e. The van der Waals surface area contributed by atoms with Gasteiger partial charge in [-0.05, 0) is 24.0 Å². The van der Waals surface area contributed by atoms with E-state index in [0.29, 0.717) is 0 Å². The normalized spacial score (nSPS) is 11.7. The highest BCUT2D eigenvalue weighted by molar-refractivity contribution is 5.39. The molecule has 0 saturated carbocycles. The average molecular weight is 393 g/mol. The van der Waals surface area contributed by atoms with Crippen LogP contribution in [0.4, 0.5) is 0 Å². The molecule has 0 unspecified atom stereocenters. The molecule has 0 heterocycles. The van der Waals surface area contributed by atoms with Gasteiger partial charge in [0.2, 0.25) is 0 Å². The van der Waals surface area contributed by atoms with Crippen LogP contribution in [0.5, 0.6) is 0 Å². The van der Waals surface area contributed by atoms with Gasteiger partial charge in [0, 0.05) is 5.41 Å². The molecule has 0 bridgehead atoms. The third kappa shape index (κ3) is 8.00. The zero-order valence-corrected chi connectivity index (χ0v) is 19.2. The number of benzene rings is 2. The predicted molar refractivity (Wildman–Crippen MR) is 130 cm³/mol. The van der Waals surface area contributed by atoms with Gasteiger partial charge in [-0.2, -0.15) is 0 Å². The van der Waals surface area contributed by atoms with E-state index < -0.39 is 0 Å². The first-order valence-electron chi connectivity index (χ1n) is 12.4. The van der Waals surface area contributed by atoms with Gasteiger partial charge in [-0.15, -0.1) is 0 Å². The molecule has 0 atom stereocenters. The molecule has 2 rings (SSSR count). The van der Waals surface area contributed by atoms with E-state index in [1.165, 1.54) is 101 Å². The van der Waals surface area contributed by atoms with Crippen molar-refractivity contribution >= 4 is 0 Å². The Kier molecular flexibility index (Phi) is 11.8. The third-order valence-corrected chi connectivity index (χ3v) is 6.54. The molecule has 0 amide bonds. The van der Waals surface area contributed by atoms with Crippen LogP contribution in [-0.2, 0) is 5.41 Å². The highest BCUT2D eigenvalue weighted by atomic mass is 14.4. The first kappa shape index (κ1) is 23.7. The van der Waals surface area contributed by atoms with E-state index in [4.69, 9.17) is 0 Å². The summed E-state index contributed by atoms with van der Waals surface area (Å²) in [7, 11) is 0. The Morgan fingerprint density at radius 2 is 0.862 bits per heavy atom. The van der Waals surface area contributed by atoms with Crippen LogP contribution in [0, 0.1) is 0 Å². The van der Waals surface area contributed by atoms with E-state index in [1.54, 1.807) is 0 Å². The molecule has 0 nitrogen and oxygen atoms in total. The van der Waals surface area contributed by atoms with Crippen LogP contribution in [-0.4, -0.2) is 0 Å². The Hall–Kier alpha value is -1.56. The molecule has 29 heavy (non-hydrogen) atoms. The van der Waals surface area contributed by atoms with Gasteiger partial charge in [0.25, 0.3) is 0 Å². The minimum Gasteiger partial charge on any atom is -0.0654 e. The van der Waals surface area contributed by atoms with Crippen molar-refractivity contribution < 1.29 is 0 Å². The topological polar surface area (TPSA) is 0 Å². The molecule has 0 aliphatic heterocycles. The van der Waals surface area contributed by atoms with Gasteiger partial charge >= 0.3 is 0 Å². The Balaban J connectivity index is 1.84. The maximum atomic E-state index is 2.35. The van der Waals surface area contributed by atoms with Crippen LogP contribution in [0.15, 0.2) is 60.7 Å². The van der Waals surface area contributed by atoms with Crippen LogP contribution >= 0.6 is 0 Å². The summed E-state index contributed by atoms with van der Waals surface area (Å²) in [6.07, 6.45) is 19.2. The standard InChI is InChI=1S/C29H44/c1-3-5-6-7-8-9-10-11-12-13-20-26-29(25-4-2,27-21-16-14-17-22-27)28-23-18-15-19-24-28/h14-19,21-24H,3-13,20,25-26H2,1-2H3. The highest BCUT2D eigenvalue weighted by Gasteiger charge is 2.32. The fraction of sp³-hybridized carbons (Fsp3) is 0.586. The Labute approximate surface area is 181 Å². The molecule has 160 valence electrons. The van der Waals surface area contributed by atoms with Gasteiger partial charge < -0.3 is 0 Å². The van der Waals surface area contributed by atoms with Gasteiger partial charge in [0.1, 0.15) is 0 Å². The summed E-state index contributed by atoms with van der Waals surface area (Å²) < 4.78 is 0. The van der Waals surface area contributed by atoms with E-state index in [-0.39, 0.29) is 5.41 Å². The number of unbranched alkanes of at least 4 members (excludes halogenated alkanes) is 10. The lowest BCUT2D eigenvalue weighted by Crippen LogP contribution is -2.27. The lowest BCUT2D eigenvalue weighted by Gasteiger charge is -2.35. The fourth-order valence-corrected chi connectivity index (χ4v) is 4.90. The van der Waals surface area contributed by atoms with E-state index >= 15 is 0 Å².